The molecule has 1 amide bonds. The first-order valence-electron chi connectivity index (χ1n) is 9.65. The van der Waals surface area contributed by atoms with Crippen LogP contribution in [0.15, 0.2) is 29.2 Å². The van der Waals surface area contributed by atoms with Crippen LogP contribution in [0.5, 0.6) is 5.75 Å². The van der Waals surface area contributed by atoms with Crippen molar-refractivity contribution in [2.75, 3.05) is 39.5 Å². The Kier molecular flexibility index (Phi) is 10.3. The predicted molar refractivity (Wildman–Crippen MR) is 114 cm³/mol. The number of ether oxygens (including phenoxy) is 1. The van der Waals surface area contributed by atoms with Gasteiger partial charge in [0.05, 0.1) is 11.5 Å². The van der Waals surface area contributed by atoms with Gasteiger partial charge in [-0.25, -0.2) is 8.42 Å². The molecule has 6 nitrogen and oxygen atoms in total. The maximum atomic E-state index is 12.4. The number of rotatable bonds is 9. The number of benzene rings is 1. The lowest BCUT2D eigenvalue weighted by molar-refractivity contribution is -0.131. The number of piperidine rings is 1. The number of nitrogens with one attached hydrogen (secondary N) is 1. The smallest absolute Gasteiger partial charge is 0.222 e. The third-order valence-corrected chi connectivity index (χ3v) is 6.40. The van der Waals surface area contributed by atoms with Crippen LogP contribution in [0.2, 0.25) is 0 Å². The Hall–Kier alpha value is -1.31. The summed E-state index contributed by atoms with van der Waals surface area (Å²) in [6.07, 6.45) is 4.84. The van der Waals surface area contributed by atoms with Crippen LogP contribution in [-0.4, -0.2) is 58.8 Å². The molecule has 0 bridgehead atoms. The van der Waals surface area contributed by atoms with Gasteiger partial charge >= 0.3 is 0 Å². The Morgan fingerprint density at radius 1 is 1.25 bits per heavy atom. The van der Waals surface area contributed by atoms with Gasteiger partial charge in [-0.05, 0) is 68.5 Å². The maximum absolute atomic E-state index is 12.4. The average molecular weight is 433 g/mol. The third-order valence-electron chi connectivity index (χ3n) is 5.27. The van der Waals surface area contributed by atoms with Crippen molar-refractivity contribution in [2.45, 2.75) is 37.5 Å². The van der Waals surface area contributed by atoms with E-state index in [-0.39, 0.29) is 23.2 Å². The van der Waals surface area contributed by atoms with Gasteiger partial charge in [0.15, 0.2) is 9.84 Å². The number of hydrogen-bond donors (Lipinski definition) is 1. The molecule has 1 aliphatic rings. The normalized spacial score (nSPS) is 16.1. The topological polar surface area (TPSA) is 75.7 Å². The number of hydrogen-bond acceptors (Lipinski definition) is 5. The van der Waals surface area contributed by atoms with Crippen LogP contribution in [0.4, 0.5) is 0 Å². The van der Waals surface area contributed by atoms with E-state index in [1.54, 1.807) is 29.2 Å². The van der Waals surface area contributed by atoms with Crippen molar-refractivity contribution < 1.29 is 17.9 Å². The minimum absolute atomic E-state index is 0. The highest BCUT2D eigenvalue weighted by atomic mass is 35.5. The van der Waals surface area contributed by atoms with Crippen molar-refractivity contribution in [1.29, 1.82) is 0 Å². The second kappa shape index (κ2) is 11.6. The second-order valence-corrected chi connectivity index (χ2v) is 9.55. The fourth-order valence-electron chi connectivity index (χ4n) is 3.41. The van der Waals surface area contributed by atoms with E-state index < -0.39 is 9.84 Å². The van der Waals surface area contributed by atoms with Crippen molar-refractivity contribution in [1.82, 2.24) is 10.2 Å². The summed E-state index contributed by atoms with van der Waals surface area (Å²) in [5, 5.41) is 3.36. The van der Waals surface area contributed by atoms with Gasteiger partial charge in [-0.2, -0.15) is 0 Å². The Morgan fingerprint density at radius 3 is 2.43 bits per heavy atom. The lowest BCUT2D eigenvalue weighted by Gasteiger charge is -2.29. The molecule has 1 fully saturated rings. The number of carbonyl (C=O) groups is 1. The first-order chi connectivity index (χ1) is 12.8. The van der Waals surface area contributed by atoms with E-state index in [0.717, 1.165) is 32.4 Å². The molecule has 0 saturated carbocycles. The summed E-state index contributed by atoms with van der Waals surface area (Å²) < 4.78 is 28.5. The summed E-state index contributed by atoms with van der Waals surface area (Å²) in [5.41, 5.74) is 0. The summed E-state index contributed by atoms with van der Waals surface area (Å²) in [5.74, 6) is 1.89. The van der Waals surface area contributed by atoms with Crippen molar-refractivity contribution >= 4 is 28.2 Å². The first kappa shape index (κ1) is 24.7. The van der Waals surface area contributed by atoms with Gasteiger partial charge in [-0.3, -0.25) is 4.79 Å². The zero-order valence-corrected chi connectivity index (χ0v) is 18.7. The van der Waals surface area contributed by atoms with Crippen molar-refractivity contribution in [3.8, 4) is 5.75 Å². The van der Waals surface area contributed by atoms with Crippen molar-refractivity contribution in [2.24, 2.45) is 11.8 Å². The van der Waals surface area contributed by atoms with Gasteiger partial charge in [-0.15, -0.1) is 12.4 Å². The molecule has 0 radical (unpaired) electrons. The van der Waals surface area contributed by atoms with Crippen molar-refractivity contribution in [3.63, 3.8) is 0 Å². The molecule has 8 heteroatoms. The van der Waals surface area contributed by atoms with Gasteiger partial charge in [0.25, 0.3) is 0 Å². The first-order valence-corrected chi connectivity index (χ1v) is 11.5. The Morgan fingerprint density at radius 2 is 1.86 bits per heavy atom. The number of amides is 1. The summed E-state index contributed by atoms with van der Waals surface area (Å²) in [7, 11) is -1.34. The standard InChI is InChI=1S/C20H32N2O4S.ClH/c1-16(17-9-11-21-12-10-17)15-20(23)22(2)13-4-14-26-18-5-7-19(8-6-18)27(3,24)25;/h5-8,16-17,21H,4,9-15H2,1-3H3;1H. The summed E-state index contributed by atoms with van der Waals surface area (Å²) in [6.45, 7) is 5.44. The fourth-order valence-corrected chi connectivity index (χ4v) is 4.04. The molecule has 1 N–H and O–H groups in total. The van der Waals surface area contributed by atoms with Gasteiger partial charge < -0.3 is 15.0 Å². The molecule has 160 valence electrons. The summed E-state index contributed by atoms with van der Waals surface area (Å²) in [6, 6.07) is 6.41. The van der Waals surface area contributed by atoms with Gasteiger partial charge in [0.2, 0.25) is 5.91 Å². The minimum Gasteiger partial charge on any atom is -0.494 e. The van der Waals surface area contributed by atoms with Crippen LogP contribution < -0.4 is 10.1 Å². The van der Waals surface area contributed by atoms with Crippen LogP contribution in [0.25, 0.3) is 0 Å². The van der Waals surface area contributed by atoms with Crippen LogP contribution in [0.3, 0.4) is 0 Å². The molecule has 28 heavy (non-hydrogen) atoms. The van der Waals surface area contributed by atoms with E-state index in [2.05, 4.69) is 12.2 Å². The predicted octanol–water partition coefficient (Wildman–Crippen LogP) is 2.77. The molecule has 1 saturated heterocycles. The lowest BCUT2D eigenvalue weighted by Crippen LogP contribution is -2.34. The van der Waals surface area contributed by atoms with Gasteiger partial charge in [0.1, 0.15) is 5.75 Å². The quantitative estimate of drug-likeness (QED) is 0.607. The van der Waals surface area contributed by atoms with Crippen LogP contribution in [0, 0.1) is 11.8 Å². The van der Waals surface area contributed by atoms with Crippen LogP contribution >= 0.6 is 12.4 Å². The second-order valence-electron chi connectivity index (χ2n) is 7.53. The minimum atomic E-state index is -3.19. The number of halogens is 1. The summed E-state index contributed by atoms with van der Waals surface area (Å²) >= 11 is 0. The highest BCUT2D eigenvalue weighted by molar-refractivity contribution is 7.90. The molecule has 0 spiro atoms. The SMILES string of the molecule is CC(CC(=O)N(C)CCCOc1ccc(S(C)(=O)=O)cc1)C1CCNCC1.Cl. The highest BCUT2D eigenvalue weighted by Gasteiger charge is 2.23. The maximum Gasteiger partial charge on any atom is 0.222 e. The van der Waals surface area contributed by atoms with Crippen LogP contribution in [-0.2, 0) is 14.6 Å². The molecule has 1 aromatic rings. The molecular weight excluding hydrogens is 400 g/mol. The molecule has 0 aliphatic carbocycles. The molecule has 1 atom stereocenters. The molecule has 0 aromatic heterocycles. The van der Waals surface area contributed by atoms with E-state index >= 15 is 0 Å². The number of carbonyl (C=O) groups excluding carboxylic acids is 1. The zero-order chi connectivity index (χ0) is 19.9. The van der Waals surface area contributed by atoms with Gasteiger partial charge in [-0.1, -0.05) is 6.92 Å². The average Bonchev–Trinajstić information content (AvgIpc) is 2.65. The largest absolute Gasteiger partial charge is 0.494 e. The zero-order valence-electron chi connectivity index (χ0n) is 17.0. The lowest BCUT2D eigenvalue weighted by atomic mass is 9.84. The van der Waals surface area contributed by atoms with Gasteiger partial charge in [0, 0.05) is 26.3 Å². The summed E-state index contributed by atoms with van der Waals surface area (Å²) in [4.78, 5) is 14.5. The molecular formula is C20H33ClN2O4S. The van der Waals surface area contributed by atoms with Crippen LogP contribution in [0.1, 0.15) is 32.6 Å². The molecule has 1 unspecified atom stereocenters. The molecule has 2 rings (SSSR count). The van der Waals surface area contributed by atoms with E-state index in [9.17, 15) is 13.2 Å². The third kappa shape index (κ3) is 7.97. The Bertz CT molecular complexity index is 703. The van der Waals surface area contributed by atoms with E-state index in [4.69, 9.17) is 4.74 Å². The Labute approximate surface area is 175 Å². The Balaban J connectivity index is 0.00000392. The fraction of sp³-hybridized carbons (Fsp3) is 0.650. The molecule has 1 heterocycles. The van der Waals surface area contributed by atoms with E-state index in [1.165, 1.54) is 6.26 Å². The molecule has 1 aliphatic heterocycles. The van der Waals surface area contributed by atoms with E-state index in [1.807, 2.05) is 7.05 Å². The van der Waals surface area contributed by atoms with E-state index in [0.29, 0.717) is 37.2 Å². The van der Waals surface area contributed by atoms with Crippen molar-refractivity contribution in [3.05, 3.63) is 24.3 Å². The number of nitrogens with zero attached hydrogens (tertiary/aromatic N) is 1. The molecule has 1 aromatic carbocycles. The number of sulfone groups is 1. The monoisotopic (exact) mass is 432 g/mol. The highest BCUT2D eigenvalue weighted by Crippen LogP contribution is 2.24.